The van der Waals surface area contributed by atoms with E-state index >= 15 is 0 Å². The monoisotopic (exact) mass is 262 g/mol. The lowest BCUT2D eigenvalue weighted by Gasteiger charge is -2.18. The van der Waals surface area contributed by atoms with Gasteiger partial charge in [-0.2, -0.15) is 0 Å². The van der Waals surface area contributed by atoms with Gasteiger partial charge in [-0.05, 0) is 47.0 Å². The van der Waals surface area contributed by atoms with Crippen LogP contribution in [0.25, 0.3) is 0 Å². The SMILES string of the molecule is CC(CCCCNC(=O)O)=N[S+]([O-])C(C)(C)C. The smallest absolute Gasteiger partial charge is 0.404 e. The van der Waals surface area contributed by atoms with E-state index in [4.69, 9.17) is 5.11 Å². The molecule has 2 N–H and O–H groups in total. The molecular formula is C11H22N2O3S. The molecule has 6 heteroatoms. The van der Waals surface area contributed by atoms with Crippen LogP contribution in [0.5, 0.6) is 0 Å². The van der Waals surface area contributed by atoms with Crippen LogP contribution in [0.3, 0.4) is 0 Å². The van der Waals surface area contributed by atoms with E-state index in [1.165, 1.54) is 0 Å². The van der Waals surface area contributed by atoms with E-state index in [-0.39, 0.29) is 4.75 Å². The van der Waals surface area contributed by atoms with Crippen molar-refractivity contribution in [2.24, 2.45) is 4.40 Å². The molecule has 0 aromatic carbocycles. The molecule has 17 heavy (non-hydrogen) atoms. The molecule has 0 fully saturated rings. The third-order valence-electron chi connectivity index (χ3n) is 2.00. The minimum atomic E-state index is -1.20. The molecule has 0 aromatic heterocycles. The summed E-state index contributed by atoms with van der Waals surface area (Å²) in [5.41, 5.74) is 0.855. The molecule has 0 rings (SSSR count). The fourth-order valence-corrected chi connectivity index (χ4v) is 1.67. The summed E-state index contributed by atoms with van der Waals surface area (Å²) in [6.45, 7) is 7.96. The van der Waals surface area contributed by atoms with Gasteiger partial charge in [-0.3, -0.25) is 0 Å². The molecule has 1 atom stereocenters. The topological polar surface area (TPSA) is 84.8 Å². The molecule has 0 aromatic rings. The summed E-state index contributed by atoms with van der Waals surface area (Å²) >= 11 is -1.20. The zero-order valence-corrected chi connectivity index (χ0v) is 11.8. The molecule has 5 nitrogen and oxygen atoms in total. The van der Waals surface area contributed by atoms with Crippen LogP contribution >= 0.6 is 0 Å². The molecular weight excluding hydrogens is 240 g/mol. The van der Waals surface area contributed by atoms with Gasteiger partial charge >= 0.3 is 6.09 Å². The second-order valence-corrected chi connectivity index (χ2v) is 6.78. The molecule has 0 bridgehead atoms. The van der Waals surface area contributed by atoms with Crippen LogP contribution in [0, 0.1) is 0 Å². The van der Waals surface area contributed by atoms with Crippen LogP contribution in [0.4, 0.5) is 4.79 Å². The molecule has 100 valence electrons. The summed E-state index contributed by atoms with van der Waals surface area (Å²) < 4.78 is 15.5. The lowest BCUT2D eigenvalue weighted by Crippen LogP contribution is -2.26. The highest BCUT2D eigenvalue weighted by molar-refractivity contribution is 7.91. The predicted molar refractivity (Wildman–Crippen MR) is 70.9 cm³/mol. The number of nitrogens with one attached hydrogen (secondary N) is 1. The maximum atomic E-state index is 11.7. The lowest BCUT2D eigenvalue weighted by atomic mass is 10.2. The van der Waals surface area contributed by atoms with Crippen LogP contribution in [0.1, 0.15) is 47.0 Å². The first-order chi connectivity index (χ1) is 7.73. The Kier molecular flexibility index (Phi) is 7.22. The van der Waals surface area contributed by atoms with Gasteiger partial charge in [0.25, 0.3) is 0 Å². The lowest BCUT2D eigenvalue weighted by molar-refractivity contribution is 0.194. The highest BCUT2D eigenvalue weighted by atomic mass is 32.2. The first kappa shape index (κ1) is 16.2. The number of hydrogen-bond donors (Lipinski definition) is 2. The van der Waals surface area contributed by atoms with Crippen LogP contribution in [0.15, 0.2) is 4.40 Å². The van der Waals surface area contributed by atoms with Crippen molar-refractivity contribution in [1.29, 1.82) is 0 Å². The maximum Gasteiger partial charge on any atom is 0.404 e. The average Bonchev–Trinajstić information content (AvgIpc) is 2.15. The molecule has 1 unspecified atom stereocenters. The molecule has 0 saturated heterocycles. The number of amides is 1. The van der Waals surface area contributed by atoms with E-state index in [0.29, 0.717) is 6.54 Å². The van der Waals surface area contributed by atoms with Gasteiger partial charge in [-0.1, -0.05) is 4.40 Å². The van der Waals surface area contributed by atoms with E-state index in [2.05, 4.69) is 9.71 Å². The largest absolute Gasteiger partial charge is 0.591 e. The number of hydrogen-bond acceptors (Lipinski definition) is 3. The summed E-state index contributed by atoms with van der Waals surface area (Å²) in [6.07, 6.45) is 1.37. The summed E-state index contributed by atoms with van der Waals surface area (Å²) in [5, 5.41) is 10.7. The van der Waals surface area contributed by atoms with Crippen molar-refractivity contribution in [3.8, 4) is 0 Å². The second-order valence-electron chi connectivity index (χ2n) is 4.88. The Balaban J connectivity index is 3.82. The Bertz CT molecular complexity index is 274. The van der Waals surface area contributed by atoms with E-state index < -0.39 is 17.5 Å². The van der Waals surface area contributed by atoms with Crippen molar-refractivity contribution in [2.75, 3.05) is 6.54 Å². The fraction of sp³-hybridized carbons (Fsp3) is 0.818. The van der Waals surface area contributed by atoms with Crippen molar-refractivity contribution in [1.82, 2.24) is 5.32 Å². The Hall–Kier alpha value is -0.750. The number of nitrogens with zero attached hydrogens (tertiary/aromatic N) is 1. The van der Waals surface area contributed by atoms with Crippen LogP contribution < -0.4 is 5.32 Å². The van der Waals surface area contributed by atoms with Gasteiger partial charge in [0.2, 0.25) is 0 Å². The third-order valence-corrected chi connectivity index (χ3v) is 3.53. The van der Waals surface area contributed by atoms with Gasteiger partial charge in [0.05, 0.1) is 5.71 Å². The van der Waals surface area contributed by atoms with Gasteiger partial charge in [0.15, 0.2) is 0 Å². The standard InChI is InChI=1S/C11H22N2O3S/c1-9(13-17(16)11(2,3)4)7-5-6-8-12-10(14)15/h12H,5-8H2,1-4H3,(H,14,15). The molecule has 0 saturated carbocycles. The van der Waals surface area contributed by atoms with Crippen molar-refractivity contribution in [3.63, 3.8) is 0 Å². The molecule has 0 radical (unpaired) electrons. The second kappa shape index (κ2) is 7.55. The van der Waals surface area contributed by atoms with Crippen molar-refractivity contribution in [3.05, 3.63) is 0 Å². The Morgan fingerprint density at radius 3 is 2.47 bits per heavy atom. The quantitative estimate of drug-likeness (QED) is 0.438. The fourth-order valence-electron chi connectivity index (χ4n) is 1.03. The van der Waals surface area contributed by atoms with E-state index in [1.54, 1.807) is 0 Å². The number of carbonyl (C=O) groups is 1. The van der Waals surface area contributed by atoms with E-state index in [0.717, 1.165) is 25.0 Å². The molecule has 0 aliphatic heterocycles. The van der Waals surface area contributed by atoms with Gasteiger partial charge in [0.1, 0.15) is 16.1 Å². The number of rotatable bonds is 6. The van der Waals surface area contributed by atoms with Crippen LogP contribution in [-0.4, -0.2) is 32.8 Å². The summed E-state index contributed by atoms with van der Waals surface area (Å²) in [7, 11) is 0. The third kappa shape index (κ3) is 9.00. The predicted octanol–water partition coefficient (Wildman–Crippen LogP) is 2.35. The van der Waals surface area contributed by atoms with E-state index in [1.807, 2.05) is 27.7 Å². The number of unbranched alkanes of at least 4 members (excludes halogenated alkanes) is 1. The molecule has 0 aliphatic rings. The van der Waals surface area contributed by atoms with Gasteiger partial charge in [-0.25, -0.2) is 4.79 Å². The van der Waals surface area contributed by atoms with Gasteiger partial charge in [-0.15, -0.1) is 0 Å². The minimum absolute atomic E-state index is 0.327. The number of carboxylic acid groups (broad SMARTS) is 1. The maximum absolute atomic E-state index is 11.7. The van der Waals surface area contributed by atoms with Crippen LogP contribution in [0.2, 0.25) is 0 Å². The summed E-state index contributed by atoms with van der Waals surface area (Å²) in [6, 6.07) is 0. The van der Waals surface area contributed by atoms with Gasteiger partial charge in [0, 0.05) is 6.54 Å². The summed E-state index contributed by atoms with van der Waals surface area (Å²) in [4.78, 5) is 10.2. The van der Waals surface area contributed by atoms with E-state index in [9.17, 15) is 9.35 Å². The molecule has 0 spiro atoms. The first-order valence-electron chi connectivity index (χ1n) is 5.66. The minimum Gasteiger partial charge on any atom is -0.591 e. The van der Waals surface area contributed by atoms with Crippen molar-refractivity contribution >= 4 is 23.2 Å². The molecule has 0 aliphatic carbocycles. The highest BCUT2D eigenvalue weighted by Gasteiger charge is 2.26. The molecule has 1 amide bonds. The van der Waals surface area contributed by atoms with Gasteiger partial charge < -0.3 is 15.0 Å². The normalized spacial score (nSPS) is 14.5. The molecule has 0 heterocycles. The van der Waals surface area contributed by atoms with Crippen molar-refractivity contribution < 1.29 is 14.5 Å². The average molecular weight is 262 g/mol. The van der Waals surface area contributed by atoms with Crippen LogP contribution in [-0.2, 0) is 11.4 Å². The Morgan fingerprint density at radius 2 is 2.00 bits per heavy atom. The van der Waals surface area contributed by atoms with Crippen molar-refractivity contribution in [2.45, 2.75) is 51.7 Å². The zero-order valence-electron chi connectivity index (χ0n) is 10.9. The Labute approximate surface area is 106 Å². The zero-order chi connectivity index (χ0) is 13.5. The first-order valence-corrected chi connectivity index (χ1v) is 6.77. The summed E-state index contributed by atoms with van der Waals surface area (Å²) in [5.74, 6) is 0. The highest BCUT2D eigenvalue weighted by Crippen LogP contribution is 2.17. The Morgan fingerprint density at radius 1 is 1.41 bits per heavy atom.